The number of nitrogens with one attached hydrogen (secondary N) is 1. The fourth-order valence-electron chi connectivity index (χ4n) is 1.23. The summed E-state index contributed by atoms with van der Waals surface area (Å²) in [5.41, 5.74) is 0.577. The molecular weight excluding hydrogens is 206 g/mol. The molecule has 1 N–H and O–H groups in total. The van der Waals surface area contributed by atoms with E-state index in [1.54, 1.807) is 6.92 Å². The number of terminal acetylenes is 1. The van der Waals surface area contributed by atoms with Crippen molar-refractivity contribution in [2.45, 2.75) is 26.3 Å². The molecule has 1 unspecified atom stereocenters. The van der Waals surface area contributed by atoms with Crippen molar-refractivity contribution in [3.8, 4) is 12.3 Å². The number of nitro groups is 1. The average molecular weight is 219 g/mol. The lowest BCUT2D eigenvalue weighted by atomic mass is 10.2. The zero-order chi connectivity index (χ0) is 12.1. The van der Waals surface area contributed by atoms with E-state index in [9.17, 15) is 10.1 Å². The second-order valence-corrected chi connectivity index (χ2v) is 3.38. The number of aromatic nitrogens is 1. The van der Waals surface area contributed by atoms with Crippen LogP contribution in [0.2, 0.25) is 0 Å². The molecule has 0 fully saturated rings. The van der Waals surface area contributed by atoms with Crippen LogP contribution in [-0.2, 0) is 0 Å². The molecule has 0 saturated heterocycles. The topological polar surface area (TPSA) is 68.1 Å². The van der Waals surface area contributed by atoms with Gasteiger partial charge in [-0.15, -0.1) is 6.42 Å². The molecule has 84 valence electrons. The number of hydrogen-bond donors (Lipinski definition) is 1. The van der Waals surface area contributed by atoms with Crippen LogP contribution >= 0.6 is 0 Å². The van der Waals surface area contributed by atoms with E-state index in [2.05, 4.69) is 16.2 Å². The molecule has 1 heterocycles. The molecule has 5 heteroatoms. The van der Waals surface area contributed by atoms with E-state index in [1.165, 1.54) is 12.3 Å². The molecule has 16 heavy (non-hydrogen) atoms. The van der Waals surface area contributed by atoms with Crippen LogP contribution < -0.4 is 5.32 Å². The van der Waals surface area contributed by atoms with Crippen molar-refractivity contribution in [1.82, 2.24) is 4.98 Å². The Hall–Kier alpha value is -2.09. The van der Waals surface area contributed by atoms with Gasteiger partial charge in [-0.3, -0.25) is 10.1 Å². The monoisotopic (exact) mass is 219 g/mol. The second-order valence-electron chi connectivity index (χ2n) is 3.38. The van der Waals surface area contributed by atoms with E-state index >= 15 is 0 Å². The smallest absolute Gasteiger partial charge is 0.277 e. The highest BCUT2D eigenvalue weighted by Crippen LogP contribution is 2.20. The minimum absolute atomic E-state index is 0.0457. The van der Waals surface area contributed by atoms with Gasteiger partial charge >= 0.3 is 0 Å². The van der Waals surface area contributed by atoms with Crippen LogP contribution in [0.25, 0.3) is 0 Å². The van der Waals surface area contributed by atoms with Gasteiger partial charge in [0.05, 0.1) is 17.0 Å². The SMILES string of the molecule is C#CC(CC)Nc1cc([N+](=O)[O-])c(C)cn1. The van der Waals surface area contributed by atoms with Gasteiger partial charge in [-0.25, -0.2) is 4.98 Å². The van der Waals surface area contributed by atoms with Crippen LogP contribution in [0.4, 0.5) is 11.5 Å². The summed E-state index contributed by atoms with van der Waals surface area (Å²) in [4.78, 5) is 14.3. The van der Waals surface area contributed by atoms with Crippen LogP contribution in [0.3, 0.4) is 0 Å². The normalized spacial score (nSPS) is 11.6. The van der Waals surface area contributed by atoms with Gasteiger partial charge in [0, 0.05) is 11.8 Å². The van der Waals surface area contributed by atoms with Gasteiger partial charge < -0.3 is 5.32 Å². The maximum atomic E-state index is 10.7. The molecular formula is C11H13N3O2. The van der Waals surface area contributed by atoms with Gasteiger partial charge in [0.25, 0.3) is 5.69 Å². The van der Waals surface area contributed by atoms with Gasteiger partial charge in [0.15, 0.2) is 0 Å². The molecule has 0 aromatic carbocycles. The standard InChI is InChI=1S/C11H13N3O2/c1-4-9(5-2)13-11-6-10(14(15)16)8(3)7-12-11/h1,6-7,9H,5H2,2-3H3,(H,12,13). The Kier molecular flexibility index (Phi) is 3.84. The molecule has 0 spiro atoms. The lowest BCUT2D eigenvalue weighted by Crippen LogP contribution is -2.16. The number of nitrogens with zero attached hydrogens (tertiary/aromatic N) is 2. The molecule has 1 atom stereocenters. The Labute approximate surface area is 94.0 Å². The van der Waals surface area contributed by atoms with Crippen molar-refractivity contribution < 1.29 is 4.92 Å². The van der Waals surface area contributed by atoms with E-state index in [-0.39, 0.29) is 11.7 Å². The first kappa shape index (κ1) is 12.0. The van der Waals surface area contributed by atoms with E-state index in [1.807, 2.05) is 6.92 Å². The Morgan fingerprint density at radius 1 is 1.75 bits per heavy atom. The summed E-state index contributed by atoms with van der Waals surface area (Å²) in [5.74, 6) is 2.98. The van der Waals surface area contributed by atoms with Crippen molar-refractivity contribution in [3.63, 3.8) is 0 Å². The first-order chi connectivity index (χ1) is 7.58. The summed E-state index contributed by atoms with van der Waals surface area (Å²) in [6.45, 7) is 3.58. The molecule has 0 bridgehead atoms. The Morgan fingerprint density at radius 3 is 2.94 bits per heavy atom. The highest BCUT2D eigenvalue weighted by Gasteiger charge is 2.13. The van der Waals surface area contributed by atoms with Crippen LogP contribution in [0.5, 0.6) is 0 Å². The zero-order valence-electron chi connectivity index (χ0n) is 9.23. The molecule has 1 aromatic heterocycles. The number of hydrogen-bond acceptors (Lipinski definition) is 4. The van der Waals surface area contributed by atoms with E-state index in [0.29, 0.717) is 11.4 Å². The predicted molar refractivity (Wildman–Crippen MR) is 62.2 cm³/mol. The lowest BCUT2D eigenvalue weighted by molar-refractivity contribution is -0.385. The quantitative estimate of drug-likeness (QED) is 0.478. The van der Waals surface area contributed by atoms with E-state index in [0.717, 1.165) is 6.42 Å². The molecule has 1 rings (SSSR count). The maximum Gasteiger partial charge on any atom is 0.277 e. The third kappa shape index (κ3) is 2.70. The summed E-state index contributed by atoms with van der Waals surface area (Å²) < 4.78 is 0. The molecule has 0 radical (unpaired) electrons. The number of aryl methyl sites for hydroxylation is 1. The minimum atomic E-state index is -0.432. The molecule has 1 aromatic rings. The number of anilines is 1. The van der Waals surface area contributed by atoms with Crippen molar-refractivity contribution in [1.29, 1.82) is 0 Å². The molecule has 0 aliphatic carbocycles. The van der Waals surface area contributed by atoms with Gasteiger partial charge in [-0.1, -0.05) is 12.8 Å². The Bertz CT molecular complexity index is 437. The molecule has 0 saturated carbocycles. The number of rotatable bonds is 4. The molecule has 0 aliphatic heterocycles. The van der Waals surface area contributed by atoms with E-state index in [4.69, 9.17) is 6.42 Å². The summed E-state index contributed by atoms with van der Waals surface area (Å²) in [6.07, 6.45) is 7.48. The number of pyridine rings is 1. The van der Waals surface area contributed by atoms with Gasteiger partial charge in [0.2, 0.25) is 0 Å². The summed E-state index contributed by atoms with van der Waals surface area (Å²) in [7, 11) is 0. The van der Waals surface area contributed by atoms with Crippen LogP contribution in [0.15, 0.2) is 12.3 Å². The fraction of sp³-hybridized carbons (Fsp3) is 0.364. The Morgan fingerprint density at radius 2 is 2.44 bits per heavy atom. The first-order valence-electron chi connectivity index (χ1n) is 4.92. The average Bonchev–Trinajstić information content (AvgIpc) is 2.27. The third-order valence-corrected chi connectivity index (χ3v) is 2.20. The van der Waals surface area contributed by atoms with Crippen LogP contribution in [0.1, 0.15) is 18.9 Å². The minimum Gasteiger partial charge on any atom is -0.356 e. The largest absolute Gasteiger partial charge is 0.356 e. The van der Waals surface area contributed by atoms with Crippen LogP contribution in [0, 0.1) is 29.4 Å². The van der Waals surface area contributed by atoms with Gasteiger partial charge in [-0.2, -0.15) is 0 Å². The molecule has 0 aliphatic rings. The van der Waals surface area contributed by atoms with E-state index < -0.39 is 4.92 Å². The van der Waals surface area contributed by atoms with Crippen molar-refractivity contribution in [2.24, 2.45) is 0 Å². The van der Waals surface area contributed by atoms with Crippen molar-refractivity contribution in [2.75, 3.05) is 5.32 Å². The second kappa shape index (κ2) is 5.12. The van der Waals surface area contributed by atoms with Gasteiger partial charge in [0.1, 0.15) is 5.82 Å². The van der Waals surface area contributed by atoms with Crippen molar-refractivity contribution >= 4 is 11.5 Å². The lowest BCUT2D eigenvalue weighted by Gasteiger charge is -2.11. The van der Waals surface area contributed by atoms with Crippen molar-refractivity contribution in [3.05, 3.63) is 27.9 Å². The summed E-state index contributed by atoms with van der Waals surface area (Å²) >= 11 is 0. The zero-order valence-corrected chi connectivity index (χ0v) is 9.23. The first-order valence-corrected chi connectivity index (χ1v) is 4.92. The third-order valence-electron chi connectivity index (χ3n) is 2.20. The Balaban J connectivity index is 2.96. The molecule has 0 amide bonds. The summed E-state index contributed by atoms with van der Waals surface area (Å²) in [5, 5.41) is 13.7. The highest BCUT2D eigenvalue weighted by molar-refractivity contribution is 5.50. The highest BCUT2D eigenvalue weighted by atomic mass is 16.6. The summed E-state index contributed by atoms with van der Waals surface area (Å²) in [6, 6.07) is 1.24. The van der Waals surface area contributed by atoms with Gasteiger partial charge in [-0.05, 0) is 13.3 Å². The van der Waals surface area contributed by atoms with Crippen LogP contribution in [-0.4, -0.2) is 15.9 Å². The fourth-order valence-corrected chi connectivity index (χ4v) is 1.23. The maximum absolute atomic E-state index is 10.7. The predicted octanol–water partition coefficient (Wildman–Crippen LogP) is 2.12. The molecule has 5 nitrogen and oxygen atoms in total.